The zero-order chi connectivity index (χ0) is 13.0. The summed E-state index contributed by atoms with van der Waals surface area (Å²) in [5.41, 5.74) is 1.94. The number of benzene rings is 1. The molecular weight excluding hydrogens is 263 g/mol. The van der Waals surface area contributed by atoms with E-state index in [2.05, 4.69) is 17.3 Å². The van der Waals surface area contributed by atoms with Crippen molar-refractivity contribution in [2.24, 2.45) is 5.92 Å². The third-order valence-electron chi connectivity index (χ3n) is 3.70. The van der Waals surface area contributed by atoms with Gasteiger partial charge in [-0.15, -0.1) is 12.4 Å². The van der Waals surface area contributed by atoms with Crippen LogP contribution in [-0.4, -0.2) is 31.6 Å². The van der Waals surface area contributed by atoms with E-state index in [-0.39, 0.29) is 18.2 Å². The molecule has 108 valence electrons. The van der Waals surface area contributed by atoms with Gasteiger partial charge in [-0.3, -0.25) is 0 Å². The van der Waals surface area contributed by atoms with Gasteiger partial charge in [-0.25, -0.2) is 4.39 Å². The summed E-state index contributed by atoms with van der Waals surface area (Å²) < 4.78 is 13.2. The SMILES string of the molecule is Cc1cc(CN(C)CC2CCNCC2)ccc1F.Cl. The van der Waals surface area contributed by atoms with Crippen molar-refractivity contribution in [2.45, 2.75) is 26.3 Å². The average Bonchev–Trinajstić information content (AvgIpc) is 2.35. The Morgan fingerprint density at radius 2 is 2.00 bits per heavy atom. The Bertz CT molecular complexity index is 392. The highest BCUT2D eigenvalue weighted by Gasteiger charge is 2.15. The highest BCUT2D eigenvalue weighted by molar-refractivity contribution is 5.85. The van der Waals surface area contributed by atoms with E-state index < -0.39 is 0 Å². The Morgan fingerprint density at radius 1 is 1.32 bits per heavy atom. The van der Waals surface area contributed by atoms with Crippen molar-refractivity contribution in [3.63, 3.8) is 0 Å². The van der Waals surface area contributed by atoms with Crippen LogP contribution in [-0.2, 0) is 6.54 Å². The van der Waals surface area contributed by atoms with Crippen LogP contribution in [0.1, 0.15) is 24.0 Å². The minimum Gasteiger partial charge on any atom is -0.317 e. The van der Waals surface area contributed by atoms with Crippen molar-refractivity contribution in [1.82, 2.24) is 10.2 Å². The van der Waals surface area contributed by atoms with Gasteiger partial charge in [-0.05, 0) is 63.0 Å². The van der Waals surface area contributed by atoms with E-state index in [1.54, 1.807) is 6.07 Å². The van der Waals surface area contributed by atoms with Crippen molar-refractivity contribution in [2.75, 3.05) is 26.7 Å². The molecule has 1 aromatic rings. The summed E-state index contributed by atoms with van der Waals surface area (Å²) in [5, 5.41) is 3.39. The highest BCUT2D eigenvalue weighted by Crippen LogP contribution is 2.15. The Labute approximate surface area is 121 Å². The van der Waals surface area contributed by atoms with Gasteiger partial charge in [0.2, 0.25) is 0 Å². The predicted molar refractivity (Wildman–Crippen MR) is 80.3 cm³/mol. The number of hydrogen-bond acceptors (Lipinski definition) is 2. The van der Waals surface area contributed by atoms with E-state index in [1.807, 2.05) is 19.1 Å². The lowest BCUT2D eigenvalue weighted by atomic mass is 9.97. The smallest absolute Gasteiger partial charge is 0.126 e. The minimum atomic E-state index is -0.111. The molecule has 0 amide bonds. The van der Waals surface area contributed by atoms with Gasteiger partial charge < -0.3 is 10.2 Å². The van der Waals surface area contributed by atoms with E-state index in [0.717, 1.165) is 37.7 Å². The molecule has 0 radical (unpaired) electrons. The number of piperidine rings is 1. The van der Waals surface area contributed by atoms with Crippen LogP contribution in [0.2, 0.25) is 0 Å². The maximum Gasteiger partial charge on any atom is 0.126 e. The van der Waals surface area contributed by atoms with Crippen LogP contribution in [0.25, 0.3) is 0 Å². The van der Waals surface area contributed by atoms with Crippen molar-refractivity contribution in [3.05, 3.63) is 35.1 Å². The standard InChI is InChI=1S/C15H23FN2.ClH/c1-12-9-14(3-4-15(12)16)11-18(2)10-13-5-7-17-8-6-13;/h3-4,9,13,17H,5-8,10-11H2,1-2H3;1H. The monoisotopic (exact) mass is 286 g/mol. The Hall–Kier alpha value is -0.640. The molecule has 0 unspecified atom stereocenters. The first-order valence-corrected chi connectivity index (χ1v) is 6.79. The third-order valence-corrected chi connectivity index (χ3v) is 3.70. The van der Waals surface area contributed by atoms with Gasteiger partial charge in [0.05, 0.1) is 0 Å². The average molecular weight is 287 g/mol. The van der Waals surface area contributed by atoms with Gasteiger partial charge in [0.15, 0.2) is 0 Å². The zero-order valence-electron chi connectivity index (χ0n) is 11.8. The lowest BCUT2D eigenvalue weighted by Gasteiger charge is -2.27. The van der Waals surface area contributed by atoms with Gasteiger partial charge >= 0.3 is 0 Å². The van der Waals surface area contributed by atoms with Crippen LogP contribution in [0.4, 0.5) is 4.39 Å². The van der Waals surface area contributed by atoms with Gasteiger partial charge in [0.1, 0.15) is 5.82 Å². The van der Waals surface area contributed by atoms with Crippen LogP contribution in [0.3, 0.4) is 0 Å². The molecule has 19 heavy (non-hydrogen) atoms. The van der Waals surface area contributed by atoms with Crippen LogP contribution in [0.5, 0.6) is 0 Å². The van der Waals surface area contributed by atoms with E-state index in [1.165, 1.54) is 18.4 Å². The summed E-state index contributed by atoms with van der Waals surface area (Å²) in [4.78, 5) is 2.35. The molecule has 1 aromatic carbocycles. The van der Waals surface area contributed by atoms with Gasteiger partial charge in [-0.1, -0.05) is 12.1 Å². The predicted octanol–water partition coefficient (Wildman–Crippen LogP) is 2.99. The normalized spacial score (nSPS) is 16.4. The molecule has 0 aromatic heterocycles. The van der Waals surface area contributed by atoms with E-state index >= 15 is 0 Å². The lowest BCUT2D eigenvalue weighted by molar-refractivity contribution is 0.234. The van der Waals surface area contributed by atoms with Gasteiger partial charge in [-0.2, -0.15) is 0 Å². The summed E-state index contributed by atoms with van der Waals surface area (Å²) in [6, 6.07) is 5.42. The van der Waals surface area contributed by atoms with Crippen LogP contribution < -0.4 is 5.32 Å². The first-order chi connectivity index (χ1) is 8.65. The first-order valence-electron chi connectivity index (χ1n) is 6.79. The molecule has 4 heteroatoms. The van der Waals surface area contributed by atoms with Crippen molar-refractivity contribution >= 4 is 12.4 Å². The number of nitrogens with zero attached hydrogens (tertiary/aromatic N) is 1. The molecule has 1 aliphatic heterocycles. The van der Waals surface area contributed by atoms with Gasteiger partial charge in [0.25, 0.3) is 0 Å². The maximum atomic E-state index is 13.2. The Balaban J connectivity index is 0.00000180. The summed E-state index contributed by atoms with van der Waals surface area (Å²) >= 11 is 0. The fraction of sp³-hybridized carbons (Fsp3) is 0.600. The van der Waals surface area contributed by atoms with Crippen LogP contribution in [0, 0.1) is 18.7 Å². The summed E-state index contributed by atoms with van der Waals surface area (Å²) in [6.45, 7) is 6.16. The number of rotatable bonds is 4. The second kappa shape index (κ2) is 7.83. The Morgan fingerprint density at radius 3 is 2.63 bits per heavy atom. The molecular formula is C15H24ClFN2. The summed E-state index contributed by atoms with van der Waals surface area (Å²) in [5.74, 6) is 0.692. The molecule has 1 saturated heterocycles. The van der Waals surface area contributed by atoms with Crippen molar-refractivity contribution in [3.8, 4) is 0 Å². The fourth-order valence-corrected chi connectivity index (χ4v) is 2.69. The third kappa shape index (κ3) is 5.09. The first kappa shape index (κ1) is 16.4. The number of halogens is 2. The van der Waals surface area contributed by atoms with E-state index in [4.69, 9.17) is 0 Å². The number of aryl methyl sites for hydroxylation is 1. The molecule has 0 atom stereocenters. The largest absolute Gasteiger partial charge is 0.317 e. The second-order valence-corrected chi connectivity index (χ2v) is 5.47. The molecule has 0 spiro atoms. The molecule has 1 heterocycles. The molecule has 0 bridgehead atoms. The minimum absolute atomic E-state index is 0. The van der Waals surface area contributed by atoms with Gasteiger partial charge in [0, 0.05) is 13.1 Å². The van der Waals surface area contributed by atoms with E-state index in [0.29, 0.717) is 0 Å². The topological polar surface area (TPSA) is 15.3 Å². The van der Waals surface area contributed by atoms with E-state index in [9.17, 15) is 4.39 Å². The lowest BCUT2D eigenvalue weighted by Crippen LogP contribution is -2.34. The molecule has 2 rings (SSSR count). The highest BCUT2D eigenvalue weighted by atomic mass is 35.5. The molecule has 1 fully saturated rings. The molecule has 0 saturated carbocycles. The maximum absolute atomic E-state index is 13.2. The second-order valence-electron chi connectivity index (χ2n) is 5.47. The molecule has 2 nitrogen and oxygen atoms in total. The summed E-state index contributed by atoms with van der Waals surface area (Å²) in [6.07, 6.45) is 2.54. The molecule has 1 N–H and O–H groups in total. The number of nitrogens with one attached hydrogen (secondary N) is 1. The fourth-order valence-electron chi connectivity index (χ4n) is 2.69. The Kier molecular flexibility index (Phi) is 6.76. The van der Waals surface area contributed by atoms with Crippen molar-refractivity contribution < 1.29 is 4.39 Å². The summed E-state index contributed by atoms with van der Waals surface area (Å²) in [7, 11) is 2.15. The van der Waals surface area contributed by atoms with Crippen molar-refractivity contribution in [1.29, 1.82) is 0 Å². The number of hydrogen-bond donors (Lipinski definition) is 1. The molecule has 1 aliphatic rings. The zero-order valence-corrected chi connectivity index (χ0v) is 12.6. The van der Waals surface area contributed by atoms with Crippen LogP contribution in [0.15, 0.2) is 18.2 Å². The van der Waals surface area contributed by atoms with Crippen LogP contribution >= 0.6 is 12.4 Å². The molecule has 0 aliphatic carbocycles. The quantitative estimate of drug-likeness (QED) is 0.915.